The molecule has 1 radical (unpaired) electrons. The second-order valence-electron chi connectivity index (χ2n) is 4.04. The number of rotatable bonds is 0. The Labute approximate surface area is 89.1 Å². The van der Waals surface area contributed by atoms with Gasteiger partial charge in [0, 0.05) is 0 Å². The lowest BCUT2D eigenvalue weighted by Crippen LogP contribution is -1.81. The van der Waals surface area contributed by atoms with Gasteiger partial charge < -0.3 is 0 Å². The fourth-order valence-electron chi connectivity index (χ4n) is 1.76. The molecule has 0 unspecified atom stereocenters. The van der Waals surface area contributed by atoms with E-state index < -0.39 is 0 Å². The van der Waals surface area contributed by atoms with Crippen LogP contribution >= 0.6 is 0 Å². The maximum Gasteiger partial charge on any atom is -0.0169 e. The van der Waals surface area contributed by atoms with E-state index in [9.17, 15) is 0 Å². The Morgan fingerprint density at radius 2 is 1.14 bits per heavy atom. The Bertz CT molecular complexity index is 147. The summed E-state index contributed by atoms with van der Waals surface area (Å²) in [5.74, 6) is 0. The monoisotopic (exact) mass is 191 g/mol. The molecule has 0 heteroatoms. The zero-order valence-electron chi connectivity index (χ0n) is 9.25. The molecule has 0 amide bonds. The van der Waals surface area contributed by atoms with Gasteiger partial charge in [0.2, 0.25) is 0 Å². The molecule has 0 fully saturated rings. The van der Waals surface area contributed by atoms with Gasteiger partial charge in [0.05, 0.1) is 0 Å². The molecule has 0 aliphatic heterocycles. The zero-order chi connectivity index (χ0) is 9.90. The van der Waals surface area contributed by atoms with Gasteiger partial charge in [-0.25, -0.2) is 0 Å². The Morgan fingerprint density at radius 1 is 0.500 bits per heavy atom. The summed E-state index contributed by atoms with van der Waals surface area (Å²) in [7, 11) is 0. The molecule has 0 spiro atoms. The average Bonchev–Trinajstić information content (AvgIpc) is 2.22. The van der Waals surface area contributed by atoms with Gasteiger partial charge in [0.1, 0.15) is 0 Å². The molecule has 14 heavy (non-hydrogen) atoms. The van der Waals surface area contributed by atoms with Gasteiger partial charge in [0.15, 0.2) is 0 Å². The number of allylic oxidation sites excluding steroid dienone is 4. The van der Waals surface area contributed by atoms with E-state index in [-0.39, 0.29) is 0 Å². The molecule has 0 N–H and O–H groups in total. The van der Waals surface area contributed by atoms with E-state index in [1.54, 1.807) is 0 Å². The summed E-state index contributed by atoms with van der Waals surface area (Å²) in [5, 5.41) is 0. The van der Waals surface area contributed by atoms with E-state index in [1.807, 2.05) is 0 Å². The van der Waals surface area contributed by atoms with Gasteiger partial charge in [-0.15, -0.1) is 0 Å². The van der Waals surface area contributed by atoms with Gasteiger partial charge in [-0.1, -0.05) is 43.6 Å². The molecule has 0 bridgehead atoms. The van der Waals surface area contributed by atoms with Crippen molar-refractivity contribution in [2.45, 2.75) is 57.8 Å². The summed E-state index contributed by atoms with van der Waals surface area (Å²) in [6.45, 7) is 0. The van der Waals surface area contributed by atoms with Crippen molar-refractivity contribution in [1.82, 2.24) is 0 Å². The van der Waals surface area contributed by atoms with Crippen LogP contribution in [0.15, 0.2) is 24.3 Å². The lowest BCUT2D eigenvalue weighted by Gasteiger charge is -2.00. The Kier molecular flexibility index (Phi) is 7.47. The predicted molar refractivity (Wildman–Crippen MR) is 64.1 cm³/mol. The van der Waals surface area contributed by atoms with Gasteiger partial charge in [-0.2, -0.15) is 0 Å². The molecule has 0 saturated heterocycles. The van der Waals surface area contributed by atoms with E-state index in [1.165, 1.54) is 51.4 Å². The van der Waals surface area contributed by atoms with Crippen molar-refractivity contribution in [2.75, 3.05) is 0 Å². The summed E-state index contributed by atoms with van der Waals surface area (Å²) in [4.78, 5) is 0. The van der Waals surface area contributed by atoms with E-state index in [4.69, 9.17) is 0 Å². The van der Waals surface area contributed by atoms with Crippen LogP contribution in [0.5, 0.6) is 0 Å². The summed E-state index contributed by atoms with van der Waals surface area (Å²) in [6.07, 6.45) is 23.5. The number of hydrogen-bond donors (Lipinski definition) is 0. The van der Waals surface area contributed by atoms with Crippen LogP contribution in [0.25, 0.3) is 0 Å². The third-order valence-electron chi connectivity index (χ3n) is 2.66. The van der Waals surface area contributed by atoms with Crippen LogP contribution in [0.1, 0.15) is 57.8 Å². The van der Waals surface area contributed by atoms with Crippen molar-refractivity contribution in [2.24, 2.45) is 0 Å². The first-order chi connectivity index (χ1) is 7.00. The minimum absolute atomic E-state index is 1.13. The Balaban J connectivity index is 2.17. The van der Waals surface area contributed by atoms with E-state index in [2.05, 4.69) is 30.7 Å². The average molecular weight is 191 g/mol. The van der Waals surface area contributed by atoms with Gasteiger partial charge >= 0.3 is 0 Å². The second-order valence-corrected chi connectivity index (χ2v) is 4.04. The van der Waals surface area contributed by atoms with Crippen molar-refractivity contribution in [3.8, 4) is 0 Å². The first kappa shape index (κ1) is 11.6. The summed E-state index contributed by atoms with van der Waals surface area (Å²) >= 11 is 0. The van der Waals surface area contributed by atoms with Crippen molar-refractivity contribution >= 4 is 0 Å². The minimum atomic E-state index is 1.13. The number of hydrogen-bond acceptors (Lipinski definition) is 0. The van der Waals surface area contributed by atoms with E-state index >= 15 is 0 Å². The van der Waals surface area contributed by atoms with Crippen LogP contribution < -0.4 is 0 Å². The summed E-state index contributed by atoms with van der Waals surface area (Å²) in [5.41, 5.74) is 0. The van der Waals surface area contributed by atoms with Crippen LogP contribution in [-0.2, 0) is 0 Å². The molecule has 0 heterocycles. The first-order valence-electron chi connectivity index (χ1n) is 6.12. The first-order valence-corrected chi connectivity index (χ1v) is 6.12. The lowest BCUT2D eigenvalue weighted by atomic mass is 10.1. The Morgan fingerprint density at radius 3 is 2.00 bits per heavy atom. The molecule has 79 valence electrons. The lowest BCUT2D eigenvalue weighted by molar-refractivity contribution is 0.659. The molecule has 0 atom stereocenters. The maximum atomic E-state index is 2.47. The molecule has 1 rings (SSSR count). The van der Waals surface area contributed by atoms with Crippen molar-refractivity contribution in [1.29, 1.82) is 0 Å². The fraction of sp³-hybridized carbons (Fsp3) is 0.643. The quantitative estimate of drug-likeness (QED) is 0.481. The van der Waals surface area contributed by atoms with Crippen LogP contribution in [0.4, 0.5) is 0 Å². The summed E-state index contributed by atoms with van der Waals surface area (Å²) in [6, 6.07) is 0. The van der Waals surface area contributed by atoms with E-state index in [0.29, 0.717) is 0 Å². The smallest absolute Gasteiger partial charge is 0.0169 e. The maximum absolute atomic E-state index is 2.47. The van der Waals surface area contributed by atoms with Gasteiger partial charge in [-0.3, -0.25) is 0 Å². The van der Waals surface area contributed by atoms with Crippen LogP contribution in [-0.4, -0.2) is 0 Å². The third-order valence-corrected chi connectivity index (χ3v) is 2.66. The molecule has 0 saturated carbocycles. The highest BCUT2D eigenvalue weighted by Crippen LogP contribution is 2.10. The molecule has 0 aromatic carbocycles. The molecule has 1 aliphatic carbocycles. The van der Waals surface area contributed by atoms with Crippen LogP contribution in [0.3, 0.4) is 0 Å². The molecule has 1 aliphatic rings. The van der Waals surface area contributed by atoms with Crippen LogP contribution in [0, 0.1) is 6.42 Å². The molecule has 0 aromatic rings. The second kappa shape index (κ2) is 9.05. The standard InChI is InChI=1S/C14H23/c1-2-4-6-8-10-12-14-13-11-9-7-5-3-1/h1-2,5,7,10H,3-4,6,8-9,11-14H2. The highest BCUT2D eigenvalue weighted by Gasteiger charge is 1.91. The molecule has 0 aromatic heterocycles. The van der Waals surface area contributed by atoms with Crippen molar-refractivity contribution < 1.29 is 0 Å². The highest BCUT2D eigenvalue weighted by molar-refractivity contribution is 4.93. The minimum Gasteiger partial charge on any atom is -0.0882 e. The third kappa shape index (κ3) is 6.94. The van der Waals surface area contributed by atoms with E-state index in [0.717, 1.165) is 6.42 Å². The Hall–Kier alpha value is -0.520. The fourth-order valence-corrected chi connectivity index (χ4v) is 1.76. The van der Waals surface area contributed by atoms with Gasteiger partial charge in [0.25, 0.3) is 0 Å². The zero-order valence-corrected chi connectivity index (χ0v) is 9.25. The topological polar surface area (TPSA) is 0 Å². The predicted octanol–water partition coefficient (Wildman–Crippen LogP) is 4.83. The van der Waals surface area contributed by atoms with Gasteiger partial charge in [-0.05, 0) is 44.9 Å². The van der Waals surface area contributed by atoms with Crippen molar-refractivity contribution in [3.05, 3.63) is 30.7 Å². The highest BCUT2D eigenvalue weighted by atomic mass is 14.0. The molecular weight excluding hydrogens is 168 g/mol. The summed E-state index contributed by atoms with van der Waals surface area (Å²) < 4.78 is 0. The largest absolute Gasteiger partial charge is 0.0882 e. The molecule has 0 nitrogen and oxygen atoms in total. The molecular formula is C14H23. The SMILES string of the molecule is [CH]1CCCC=CCC=CCCCCC1. The van der Waals surface area contributed by atoms with Crippen LogP contribution in [0.2, 0.25) is 0 Å². The van der Waals surface area contributed by atoms with Crippen molar-refractivity contribution in [3.63, 3.8) is 0 Å². The normalized spacial score (nSPS) is 21.7.